The number of hydrogen-bond acceptors (Lipinski definition) is 7. The number of thiophene rings is 1. The molecule has 0 aliphatic heterocycles. The number of nitrogens with zero attached hydrogens (tertiary/aromatic N) is 3. The maximum absolute atomic E-state index is 11.4. The summed E-state index contributed by atoms with van der Waals surface area (Å²) in [7, 11) is 0. The van der Waals surface area contributed by atoms with E-state index >= 15 is 0 Å². The number of nitrogens with one attached hydrogen (secondary N) is 2. The summed E-state index contributed by atoms with van der Waals surface area (Å²) < 4.78 is 0. The number of nitrogen functional groups attached to an aromatic ring is 1. The molecular formula is C14H16N6OS. The van der Waals surface area contributed by atoms with Gasteiger partial charge in [0.15, 0.2) is 0 Å². The molecule has 114 valence electrons. The van der Waals surface area contributed by atoms with Crippen molar-refractivity contribution in [1.82, 2.24) is 19.9 Å². The largest absolute Gasteiger partial charge is 0.383 e. The fourth-order valence-corrected chi connectivity index (χ4v) is 3.26. The normalized spacial score (nSPS) is 11.0. The van der Waals surface area contributed by atoms with Crippen LogP contribution in [-0.4, -0.2) is 26.5 Å². The van der Waals surface area contributed by atoms with E-state index in [0.717, 1.165) is 16.0 Å². The summed E-state index contributed by atoms with van der Waals surface area (Å²) in [6.45, 7) is 4.74. The Hall–Kier alpha value is -2.48. The summed E-state index contributed by atoms with van der Waals surface area (Å²) >= 11 is 1.66. The van der Waals surface area contributed by atoms with Crippen LogP contribution in [0, 0.1) is 13.8 Å². The second kappa shape index (κ2) is 5.72. The predicted octanol–water partition coefficient (Wildman–Crippen LogP) is 1.63. The van der Waals surface area contributed by atoms with Crippen molar-refractivity contribution < 1.29 is 0 Å². The molecule has 0 bridgehead atoms. The molecule has 0 saturated carbocycles. The molecule has 0 amide bonds. The van der Waals surface area contributed by atoms with Gasteiger partial charge >= 0.3 is 0 Å². The van der Waals surface area contributed by atoms with Crippen molar-refractivity contribution in [2.45, 2.75) is 20.3 Å². The molecule has 0 atom stereocenters. The highest BCUT2D eigenvalue weighted by atomic mass is 32.1. The number of nitrogens with two attached hydrogens (primary N) is 1. The van der Waals surface area contributed by atoms with Crippen molar-refractivity contribution in [3.8, 4) is 0 Å². The lowest BCUT2D eigenvalue weighted by Gasteiger charge is -2.07. The average Bonchev–Trinajstić information content (AvgIpc) is 2.74. The molecular weight excluding hydrogens is 300 g/mol. The highest BCUT2D eigenvalue weighted by molar-refractivity contribution is 7.18. The molecule has 0 aliphatic rings. The molecule has 3 heterocycles. The first-order valence-corrected chi connectivity index (χ1v) is 7.66. The van der Waals surface area contributed by atoms with Crippen LogP contribution < -0.4 is 16.6 Å². The monoisotopic (exact) mass is 316 g/mol. The summed E-state index contributed by atoms with van der Waals surface area (Å²) in [6.07, 6.45) is 2.11. The van der Waals surface area contributed by atoms with Gasteiger partial charge in [-0.25, -0.2) is 15.0 Å². The van der Waals surface area contributed by atoms with Crippen LogP contribution in [0.3, 0.4) is 0 Å². The lowest BCUT2D eigenvalue weighted by molar-refractivity contribution is 0.881. The van der Waals surface area contributed by atoms with E-state index in [0.29, 0.717) is 18.8 Å². The zero-order valence-electron chi connectivity index (χ0n) is 12.3. The second-order valence-corrected chi connectivity index (χ2v) is 6.18. The van der Waals surface area contributed by atoms with Gasteiger partial charge in [-0.05, 0) is 19.4 Å². The summed E-state index contributed by atoms with van der Waals surface area (Å²) in [5.41, 5.74) is 6.52. The van der Waals surface area contributed by atoms with Gasteiger partial charge in [-0.1, -0.05) is 0 Å². The highest BCUT2D eigenvalue weighted by Gasteiger charge is 2.11. The van der Waals surface area contributed by atoms with Crippen molar-refractivity contribution in [2.24, 2.45) is 0 Å². The molecule has 7 nitrogen and oxygen atoms in total. The van der Waals surface area contributed by atoms with Gasteiger partial charge in [0.25, 0.3) is 5.56 Å². The van der Waals surface area contributed by atoms with Crippen LogP contribution in [0.25, 0.3) is 10.2 Å². The SMILES string of the molecule is Cc1sc2ncnc(NCCc3nc(N)cc(=O)[nH]3)c2c1C. The Bertz CT molecular complexity index is 885. The number of hydrogen-bond donors (Lipinski definition) is 3. The number of aromatic nitrogens is 4. The van der Waals surface area contributed by atoms with Crippen molar-refractivity contribution in [3.05, 3.63) is 39.0 Å². The Kier molecular flexibility index (Phi) is 3.76. The Balaban J connectivity index is 1.78. The van der Waals surface area contributed by atoms with E-state index in [1.165, 1.54) is 16.5 Å². The average molecular weight is 316 g/mol. The maximum atomic E-state index is 11.4. The third-order valence-electron chi connectivity index (χ3n) is 3.43. The second-order valence-electron chi connectivity index (χ2n) is 4.98. The molecule has 0 saturated heterocycles. The molecule has 0 aliphatic carbocycles. The minimum Gasteiger partial charge on any atom is -0.383 e. The highest BCUT2D eigenvalue weighted by Crippen LogP contribution is 2.32. The van der Waals surface area contributed by atoms with Gasteiger partial charge in [-0.15, -0.1) is 11.3 Å². The van der Waals surface area contributed by atoms with Gasteiger partial charge in [0.2, 0.25) is 0 Å². The van der Waals surface area contributed by atoms with Gasteiger partial charge in [-0.2, -0.15) is 0 Å². The minimum absolute atomic E-state index is 0.229. The Labute approximate surface area is 130 Å². The molecule has 0 radical (unpaired) electrons. The van der Waals surface area contributed by atoms with Crippen molar-refractivity contribution >= 4 is 33.2 Å². The maximum Gasteiger partial charge on any atom is 0.252 e. The van der Waals surface area contributed by atoms with E-state index in [1.54, 1.807) is 17.7 Å². The Morgan fingerprint density at radius 1 is 1.36 bits per heavy atom. The van der Waals surface area contributed by atoms with E-state index in [1.807, 2.05) is 0 Å². The van der Waals surface area contributed by atoms with Gasteiger partial charge in [0, 0.05) is 23.9 Å². The third-order valence-corrected chi connectivity index (χ3v) is 4.55. The molecule has 0 unspecified atom stereocenters. The van der Waals surface area contributed by atoms with Crippen molar-refractivity contribution in [2.75, 3.05) is 17.6 Å². The topological polar surface area (TPSA) is 110 Å². The summed E-state index contributed by atoms with van der Waals surface area (Å²) in [4.78, 5) is 29.0. The van der Waals surface area contributed by atoms with Crippen LogP contribution >= 0.6 is 11.3 Å². The van der Waals surface area contributed by atoms with E-state index in [2.05, 4.69) is 39.1 Å². The van der Waals surface area contributed by atoms with Gasteiger partial charge in [-0.3, -0.25) is 4.79 Å². The summed E-state index contributed by atoms with van der Waals surface area (Å²) in [5.74, 6) is 1.59. The Morgan fingerprint density at radius 2 is 2.18 bits per heavy atom. The number of aromatic amines is 1. The lowest BCUT2D eigenvalue weighted by atomic mass is 10.2. The van der Waals surface area contributed by atoms with E-state index in [9.17, 15) is 4.79 Å². The molecule has 3 aromatic heterocycles. The summed E-state index contributed by atoms with van der Waals surface area (Å²) in [5, 5.41) is 4.34. The number of anilines is 2. The molecule has 8 heteroatoms. The van der Waals surface area contributed by atoms with Crippen LogP contribution in [0.1, 0.15) is 16.3 Å². The number of fused-ring (bicyclic) bond motifs is 1. The molecule has 0 fully saturated rings. The number of aryl methyl sites for hydroxylation is 2. The van der Waals surface area contributed by atoms with E-state index in [-0.39, 0.29) is 11.4 Å². The first-order valence-electron chi connectivity index (χ1n) is 6.85. The van der Waals surface area contributed by atoms with Gasteiger partial charge < -0.3 is 16.0 Å². The zero-order valence-corrected chi connectivity index (χ0v) is 13.1. The molecule has 0 spiro atoms. The standard InChI is InChI=1S/C14H16N6OS/c1-7-8(2)22-14-12(7)13(17-6-18-14)16-4-3-10-19-9(15)5-11(21)20-10/h5-6H,3-4H2,1-2H3,(H,16,17,18)(H3,15,19,20,21). The Morgan fingerprint density at radius 3 is 2.95 bits per heavy atom. The lowest BCUT2D eigenvalue weighted by Crippen LogP contribution is -2.15. The first-order chi connectivity index (χ1) is 10.5. The van der Waals surface area contributed by atoms with Crippen LogP contribution in [0.2, 0.25) is 0 Å². The van der Waals surface area contributed by atoms with Crippen LogP contribution in [0.4, 0.5) is 11.6 Å². The quantitative estimate of drug-likeness (QED) is 0.675. The molecule has 22 heavy (non-hydrogen) atoms. The third kappa shape index (κ3) is 2.77. The number of H-pyrrole nitrogens is 1. The van der Waals surface area contributed by atoms with Crippen LogP contribution in [0.5, 0.6) is 0 Å². The fourth-order valence-electron chi connectivity index (χ4n) is 2.26. The fraction of sp³-hybridized carbons (Fsp3) is 0.286. The van der Waals surface area contributed by atoms with E-state index < -0.39 is 0 Å². The predicted molar refractivity (Wildman–Crippen MR) is 88.4 cm³/mol. The van der Waals surface area contributed by atoms with Crippen LogP contribution in [0.15, 0.2) is 17.2 Å². The number of rotatable bonds is 4. The van der Waals surface area contributed by atoms with Crippen molar-refractivity contribution in [1.29, 1.82) is 0 Å². The molecule has 3 rings (SSSR count). The van der Waals surface area contributed by atoms with Gasteiger partial charge in [0.05, 0.1) is 5.39 Å². The van der Waals surface area contributed by atoms with Crippen LogP contribution in [-0.2, 0) is 6.42 Å². The van der Waals surface area contributed by atoms with E-state index in [4.69, 9.17) is 5.73 Å². The van der Waals surface area contributed by atoms with Gasteiger partial charge in [0.1, 0.15) is 28.6 Å². The van der Waals surface area contributed by atoms with Crippen molar-refractivity contribution in [3.63, 3.8) is 0 Å². The molecule has 3 aromatic rings. The minimum atomic E-state index is -0.240. The smallest absolute Gasteiger partial charge is 0.252 e. The first kappa shape index (κ1) is 14.5. The zero-order chi connectivity index (χ0) is 15.7. The molecule has 4 N–H and O–H groups in total. The summed E-state index contributed by atoms with van der Waals surface area (Å²) in [6, 6.07) is 1.27. The molecule has 0 aromatic carbocycles.